The number of aromatic nitrogens is 8. The molecule has 10 heteroatoms. The first-order valence-corrected chi connectivity index (χ1v) is 39.8. The van der Waals surface area contributed by atoms with Gasteiger partial charge in [0.05, 0.1) is 63.7 Å². The Morgan fingerprint density at radius 3 is 0.547 bits per heavy atom. The molecule has 4 aliphatic rings. The predicted molar refractivity (Wildman–Crippen MR) is 473 cm³/mol. The van der Waals surface area contributed by atoms with E-state index in [2.05, 4.69) is 401 Å². The van der Waals surface area contributed by atoms with Crippen molar-refractivity contribution < 1.29 is 0 Å². The maximum absolute atomic E-state index is 6.07. The van der Waals surface area contributed by atoms with Gasteiger partial charge in [-0.2, -0.15) is 0 Å². The van der Waals surface area contributed by atoms with Crippen molar-refractivity contribution in [2.45, 2.75) is 209 Å². The van der Waals surface area contributed by atoms with Crippen LogP contribution in [0.3, 0.4) is 0 Å². The maximum atomic E-state index is 6.07. The Morgan fingerprint density at radius 1 is 0.198 bits per heavy atom. The summed E-state index contributed by atoms with van der Waals surface area (Å²) >= 11 is 5.01. The lowest BCUT2D eigenvalue weighted by atomic mass is 9.78. The van der Waals surface area contributed by atoms with Crippen molar-refractivity contribution in [2.75, 3.05) is 0 Å². The third-order valence-electron chi connectivity index (χ3n) is 21.4. The number of nitrogens with zero attached hydrogens (tertiary/aromatic N) is 4. The van der Waals surface area contributed by atoms with Gasteiger partial charge < -0.3 is 19.9 Å². The van der Waals surface area contributed by atoms with E-state index in [9.17, 15) is 0 Å². The van der Waals surface area contributed by atoms with Crippen molar-refractivity contribution in [3.8, 4) is 55.6 Å². The second kappa shape index (κ2) is 26.2. The molecule has 0 saturated carbocycles. The Balaban J connectivity index is 1.23. The van der Waals surface area contributed by atoms with Crippen LogP contribution in [0.4, 0.5) is 0 Å². The lowest BCUT2D eigenvalue weighted by Gasteiger charge is -2.26. The third kappa shape index (κ3) is 14.4. The van der Waals surface area contributed by atoms with E-state index in [0.29, 0.717) is 0 Å². The number of halogens is 2. The molecule has 0 atom stereocenters. The van der Waals surface area contributed by atoms with Crippen LogP contribution in [-0.2, 0) is 43.3 Å². The highest BCUT2D eigenvalue weighted by molar-refractivity contribution is 14.1. The topological polar surface area (TPSA) is 115 Å². The summed E-state index contributed by atoms with van der Waals surface area (Å²) in [5, 5.41) is 0. The summed E-state index contributed by atoms with van der Waals surface area (Å²) in [6, 6.07) is 46.7. The normalized spacial score (nSPS) is 13.8. The molecule has 6 aromatic heterocycles. The van der Waals surface area contributed by atoms with E-state index in [1.165, 1.54) is 44.5 Å². The van der Waals surface area contributed by atoms with Crippen molar-refractivity contribution in [3.05, 3.63) is 219 Å². The first-order valence-electron chi connectivity index (χ1n) is 37.6. The molecule has 14 rings (SSSR count). The summed E-state index contributed by atoms with van der Waals surface area (Å²) in [6.07, 6.45) is 17.7. The lowest BCUT2D eigenvalue weighted by molar-refractivity contribution is 0.568. The van der Waals surface area contributed by atoms with Crippen LogP contribution >= 0.6 is 45.2 Å². The standard InChI is InChI=1S/C96H104I2N8/c1-89(2,3)57-41-53(42-58(49-57)90(4,5)6)81-65-25-29-73(99-65)85(74-30-26-66(100-74)82(54-43-59(91(7,8)9)50-60(44-54)92(10,11)12)70-34-38-78(104-70)87(97)77-37-33-69(81)103-77)86-75-31-27-67(101-75)83(55-45-61(93(13,14)15)51-62(46-55)94(16,17)18)71-35-39-79(105-71)88(98)80-40-36-72(106-80)84(68-28-32-76(86)102-68)56-47-63(95(19,20)21)52-64(48-56)96(22,23)24/h25-52,99,101,104,106H,1-24H3. The zero-order valence-electron chi connectivity index (χ0n) is 66.7. The van der Waals surface area contributed by atoms with Crippen LogP contribution in [0.25, 0.3) is 148 Å². The minimum Gasteiger partial charge on any atom is -0.354 e. The molecule has 106 heavy (non-hydrogen) atoms. The van der Waals surface area contributed by atoms with Crippen LogP contribution < -0.4 is 0 Å². The average Bonchev–Trinajstić information content (AvgIpc) is 1.55. The molecule has 0 unspecified atom stereocenters. The summed E-state index contributed by atoms with van der Waals surface area (Å²) in [6.45, 7) is 55.5. The molecule has 10 aromatic rings. The Bertz CT molecular complexity index is 5170. The van der Waals surface area contributed by atoms with Gasteiger partial charge in [0.2, 0.25) is 0 Å². The monoisotopic (exact) mass is 1620 g/mol. The molecule has 10 heterocycles. The zero-order valence-corrected chi connectivity index (χ0v) is 71.0. The van der Waals surface area contributed by atoms with Gasteiger partial charge in [0, 0.05) is 66.5 Å². The fourth-order valence-corrected chi connectivity index (χ4v) is 15.9. The number of aromatic amines is 4. The number of hydrogen-bond donors (Lipinski definition) is 4. The summed E-state index contributed by atoms with van der Waals surface area (Å²) in [5.74, 6) is 0. The number of benzene rings is 4. The van der Waals surface area contributed by atoms with E-state index in [1.54, 1.807) is 0 Å². The smallest absolute Gasteiger partial charge is 0.0792 e. The largest absolute Gasteiger partial charge is 0.354 e. The molecular weight excluding hydrogens is 1520 g/mol. The first-order chi connectivity index (χ1) is 49.3. The Kier molecular flexibility index (Phi) is 18.4. The SMILES string of the molecule is CC(C)(C)c1cc(-c2c3nc(c(-c4c5nc(c(-c6cc(C(C)(C)C)cc(C(C)(C)C)c6)c6ccc([nH]6)c(I)c6nc(c(-c7cc(C(C)(C)C)cc(C(C)(C)C)c7)c7ccc4[nH]7)C=C6)C=C5)c4ccc([nH]4)c(-c4cc(C(C)(C)C)cc(C(C)(C)C)c4)c4nc(c(I)c5ccc2[nH]5)C=C4)C=C3)cc(C(C)(C)C)c1. The number of H-pyrrole nitrogens is 4. The van der Waals surface area contributed by atoms with Crippen molar-refractivity contribution in [1.29, 1.82) is 0 Å². The Labute approximate surface area is 656 Å². The maximum Gasteiger partial charge on any atom is 0.0792 e. The molecule has 4 N–H and O–H groups in total. The first kappa shape index (κ1) is 74.4. The minimum atomic E-state index is -0.152. The molecule has 0 aliphatic carbocycles. The highest BCUT2D eigenvalue weighted by Gasteiger charge is 2.31. The molecule has 8 nitrogen and oxygen atoms in total. The van der Waals surface area contributed by atoms with Crippen molar-refractivity contribution in [1.82, 2.24) is 39.9 Å². The van der Waals surface area contributed by atoms with E-state index in [-0.39, 0.29) is 43.3 Å². The van der Waals surface area contributed by atoms with Gasteiger partial charge in [0.15, 0.2) is 0 Å². The van der Waals surface area contributed by atoms with E-state index >= 15 is 0 Å². The van der Waals surface area contributed by atoms with E-state index in [4.69, 9.17) is 19.9 Å². The second-order valence-corrected chi connectivity index (χ2v) is 40.2. The van der Waals surface area contributed by atoms with Gasteiger partial charge in [-0.1, -0.05) is 239 Å². The quantitative estimate of drug-likeness (QED) is 0.129. The molecule has 0 spiro atoms. The number of rotatable bonds is 5. The van der Waals surface area contributed by atoms with Gasteiger partial charge in [0.1, 0.15) is 0 Å². The van der Waals surface area contributed by atoms with Gasteiger partial charge >= 0.3 is 0 Å². The van der Waals surface area contributed by atoms with Crippen molar-refractivity contribution in [2.24, 2.45) is 0 Å². The van der Waals surface area contributed by atoms with Gasteiger partial charge in [-0.15, -0.1) is 0 Å². The van der Waals surface area contributed by atoms with Gasteiger partial charge in [-0.05, 0) is 252 Å². The molecule has 542 valence electrons. The highest BCUT2D eigenvalue weighted by Crippen LogP contribution is 2.47. The van der Waals surface area contributed by atoms with Crippen LogP contribution in [-0.4, -0.2) is 39.9 Å². The van der Waals surface area contributed by atoms with Gasteiger partial charge in [-0.3, -0.25) is 0 Å². The molecule has 0 amide bonds. The highest BCUT2D eigenvalue weighted by atomic mass is 127. The summed E-state index contributed by atoms with van der Waals surface area (Å²) < 4.78 is 2.04. The van der Waals surface area contributed by atoms with E-state index in [0.717, 1.165) is 152 Å². The predicted octanol–water partition coefficient (Wildman–Crippen LogP) is 27.5. The molecule has 4 aromatic carbocycles. The zero-order chi connectivity index (χ0) is 76.2. The molecule has 0 saturated heterocycles. The van der Waals surface area contributed by atoms with E-state index < -0.39 is 0 Å². The minimum absolute atomic E-state index is 0.152. The molecule has 0 fully saturated rings. The number of fused-ring (bicyclic) bond motifs is 16. The van der Waals surface area contributed by atoms with Crippen LogP contribution in [0.15, 0.2) is 121 Å². The van der Waals surface area contributed by atoms with Crippen molar-refractivity contribution in [3.63, 3.8) is 0 Å². The van der Waals surface area contributed by atoms with Crippen LogP contribution in [0.1, 0.15) is 256 Å². The number of nitrogens with one attached hydrogen (secondary N) is 4. The fourth-order valence-electron chi connectivity index (χ4n) is 14.6. The Hall–Kier alpha value is -8.46. The van der Waals surface area contributed by atoms with Crippen LogP contribution in [0.2, 0.25) is 0 Å². The van der Waals surface area contributed by atoms with Crippen LogP contribution in [0.5, 0.6) is 0 Å². The lowest BCUT2D eigenvalue weighted by Crippen LogP contribution is -2.16. The molecule has 16 bridgehead atoms. The molecule has 4 aliphatic heterocycles. The number of hydrogen-bond acceptors (Lipinski definition) is 4. The van der Waals surface area contributed by atoms with E-state index in [1.807, 2.05) is 0 Å². The summed E-state index contributed by atoms with van der Waals surface area (Å²) in [7, 11) is 0. The van der Waals surface area contributed by atoms with Gasteiger partial charge in [-0.25, -0.2) is 19.9 Å². The Morgan fingerprint density at radius 2 is 0.349 bits per heavy atom. The second-order valence-electron chi connectivity index (χ2n) is 38.1. The summed E-state index contributed by atoms with van der Waals surface area (Å²) in [5.41, 5.74) is 33.3. The molecular formula is C96H104I2N8. The molecule has 0 radical (unpaired) electrons. The average molecular weight is 1620 g/mol. The summed E-state index contributed by atoms with van der Waals surface area (Å²) in [4.78, 5) is 39.9. The van der Waals surface area contributed by atoms with Gasteiger partial charge in [0.25, 0.3) is 0 Å². The third-order valence-corrected chi connectivity index (χ3v) is 23.7. The fraction of sp³-hybridized carbons (Fsp3) is 0.333. The van der Waals surface area contributed by atoms with Crippen molar-refractivity contribution >= 4 is 138 Å². The van der Waals surface area contributed by atoms with Crippen LogP contribution in [0, 0.1) is 7.14 Å².